The van der Waals surface area contributed by atoms with Crippen molar-refractivity contribution in [3.05, 3.63) is 22.2 Å². The Morgan fingerprint density at radius 2 is 2.36 bits per heavy atom. The fourth-order valence-corrected chi connectivity index (χ4v) is 2.32. The second-order valence-electron chi connectivity index (χ2n) is 2.71. The zero-order valence-corrected chi connectivity index (χ0v) is 8.67. The molecular formula is C8H7N3OS2. The van der Waals surface area contributed by atoms with Crippen LogP contribution >= 0.6 is 23.6 Å². The summed E-state index contributed by atoms with van der Waals surface area (Å²) in [6.45, 7) is 0. The van der Waals surface area contributed by atoms with Crippen molar-refractivity contribution in [2.45, 2.75) is 0 Å². The number of rotatable bonds is 1. The van der Waals surface area contributed by atoms with Gasteiger partial charge >= 0.3 is 6.03 Å². The highest BCUT2D eigenvalue weighted by molar-refractivity contribution is 7.73. The van der Waals surface area contributed by atoms with Crippen LogP contribution in [0.25, 0.3) is 10.2 Å². The maximum Gasteiger partial charge on any atom is 0.316 e. The number of carbonyl (C=O) groups is 1. The molecule has 2 amide bonds. The quantitative estimate of drug-likeness (QED) is 0.652. The first kappa shape index (κ1) is 9.17. The highest BCUT2D eigenvalue weighted by Crippen LogP contribution is 2.22. The lowest BCUT2D eigenvalue weighted by Gasteiger charge is -1.99. The molecule has 4 nitrogen and oxygen atoms in total. The Hall–Kier alpha value is -1.40. The summed E-state index contributed by atoms with van der Waals surface area (Å²) in [7, 11) is 0. The Morgan fingerprint density at radius 1 is 1.57 bits per heavy atom. The van der Waals surface area contributed by atoms with Crippen molar-refractivity contribution in [3.63, 3.8) is 0 Å². The lowest BCUT2D eigenvalue weighted by Crippen LogP contribution is -2.19. The summed E-state index contributed by atoms with van der Waals surface area (Å²) in [4.78, 5) is 13.6. The highest BCUT2D eigenvalue weighted by Gasteiger charge is 2.00. The van der Waals surface area contributed by atoms with Crippen LogP contribution in [-0.4, -0.2) is 11.0 Å². The fourth-order valence-electron chi connectivity index (χ4n) is 1.17. The molecule has 0 saturated carbocycles. The minimum Gasteiger partial charge on any atom is -0.351 e. The number of nitrogens with two attached hydrogens (primary N) is 1. The molecule has 0 aliphatic carbocycles. The molecule has 1 aromatic carbocycles. The van der Waals surface area contributed by atoms with Crippen molar-refractivity contribution in [2.75, 3.05) is 5.32 Å². The van der Waals surface area contributed by atoms with E-state index >= 15 is 0 Å². The normalized spacial score (nSPS) is 10.3. The topological polar surface area (TPSA) is 70.9 Å². The van der Waals surface area contributed by atoms with Crippen LogP contribution < -0.4 is 11.1 Å². The third-order valence-electron chi connectivity index (χ3n) is 1.69. The summed E-state index contributed by atoms with van der Waals surface area (Å²) in [5.74, 6) is 0. The molecule has 0 fully saturated rings. The number of benzene rings is 1. The SMILES string of the molecule is NC(=O)Nc1ccc2[nH]c(=S)sc2c1. The second-order valence-corrected chi connectivity index (χ2v) is 4.43. The van der Waals surface area contributed by atoms with Crippen LogP contribution in [0.15, 0.2) is 18.2 Å². The summed E-state index contributed by atoms with van der Waals surface area (Å²) < 4.78 is 1.72. The number of aromatic nitrogens is 1. The van der Waals surface area contributed by atoms with E-state index in [0.29, 0.717) is 5.69 Å². The van der Waals surface area contributed by atoms with Crippen molar-refractivity contribution in [1.29, 1.82) is 0 Å². The number of hydrogen-bond donors (Lipinski definition) is 3. The average Bonchev–Trinajstić information content (AvgIpc) is 2.42. The first-order chi connectivity index (χ1) is 6.65. The molecule has 0 radical (unpaired) electrons. The molecule has 6 heteroatoms. The molecule has 4 N–H and O–H groups in total. The Bertz CT molecular complexity index is 543. The number of primary amides is 1. The molecule has 72 valence electrons. The number of anilines is 1. The Balaban J connectivity index is 2.50. The summed E-state index contributed by atoms with van der Waals surface area (Å²) in [5.41, 5.74) is 6.64. The smallest absolute Gasteiger partial charge is 0.316 e. The predicted octanol–water partition coefficient (Wildman–Crippen LogP) is 2.45. The van der Waals surface area contributed by atoms with Crippen LogP contribution in [0.1, 0.15) is 0 Å². The third-order valence-corrected chi connectivity index (χ3v) is 2.89. The summed E-state index contributed by atoms with van der Waals surface area (Å²) in [6.07, 6.45) is 0. The van der Waals surface area contributed by atoms with E-state index in [4.69, 9.17) is 18.0 Å². The van der Waals surface area contributed by atoms with Gasteiger partial charge in [0.05, 0.1) is 10.2 Å². The largest absolute Gasteiger partial charge is 0.351 e. The van der Waals surface area contributed by atoms with Crippen LogP contribution in [0.5, 0.6) is 0 Å². The molecule has 14 heavy (non-hydrogen) atoms. The monoisotopic (exact) mass is 225 g/mol. The van der Waals surface area contributed by atoms with Gasteiger partial charge in [0, 0.05) is 5.69 Å². The minimum atomic E-state index is -0.566. The van der Waals surface area contributed by atoms with Crippen LogP contribution in [0.2, 0.25) is 0 Å². The molecule has 2 rings (SSSR count). The number of H-pyrrole nitrogens is 1. The lowest BCUT2D eigenvalue weighted by atomic mass is 10.3. The number of aromatic amines is 1. The van der Waals surface area contributed by atoms with Gasteiger partial charge in [0.2, 0.25) is 0 Å². The molecule has 1 heterocycles. The van der Waals surface area contributed by atoms with Crippen molar-refractivity contribution in [3.8, 4) is 0 Å². The van der Waals surface area contributed by atoms with Crippen molar-refractivity contribution in [1.82, 2.24) is 4.98 Å². The van der Waals surface area contributed by atoms with Gasteiger partial charge in [-0.05, 0) is 30.4 Å². The van der Waals surface area contributed by atoms with E-state index in [1.165, 1.54) is 11.3 Å². The molecule has 0 bridgehead atoms. The standard InChI is InChI=1S/C8H7N3OS2/c9-7(12)10-4-1-2-5-6(3-4)14-8(13)11-5/h1-3H,(H,11,13)(H3,9,10,12). The van der Waals surface area contributed by atoms with E-state index in [1.54, 1.807) is 6.07 Å². The van der Waals surface area contributed by atoms with Gasteiger partial charge in [0.15, 0.2) is 3.95 Å². The number of amides is 2. The Kier molecular flexibility index (Phi) is 2.22. The molecule has 0 aliphatic rings. The minimum absolute atomic E-state index is 0.566. The molecule has 0 saturated heterocycles. The van der Waals surface area contributed by atoms with Gasteiger partial charge in [-0.1, -0.05) is 0 Å². The van der Waals surface area contributed by atoms with Crippen LogP contribution in [0, 0.1) is 3.95 Å². The van der Waals surface area contributed by atoms with Crippen molar-refractivity contribution in [2.24, 2.45) is 5.73 Å². The van der Waals surface area contributed by atoms with Crippen LogP contribution in [0.4, 0.5) is 10.5 Å². The zero-order chi connectivity index (χ0) is 10.1. The third kappa shape index (κ3) is 1.75. The maximum absolute atomic E-state index is 10.6. The molecule has 0 unspecified atom stereocenters. The van der Waals surface area contributed by atoms with E-state index < -0.39 is 6.03 Å². The van der Waals surface area contributed by atoms with Gasteiger partial charge in [-0.15, -0.1) is 11.3 Å². The summed E-state index contributed by atoms with van der Waals surface area (Å²) >= 11 is 6.46. The first-order valence-electron chi connectivity index (χ1n) is 3.84. The van der Waals surface area contributed by atoms with E-state index in [0.717, 1.165) is 14.2 Å². The van der Waals surface area contributed by atoms with E-state index in [-0.39, 0.29) is 0 Å². The average molecular weight is 225 g/mol. The predicted molar refractivity (Wildman–Crippen MR) is 60.2 cm³/mol. The van der Waals surface area contributed by atoms with Crippen molar-refractivity contribution < 1.29 is 4.79 Å². The molecule has 0 aliphatic heterocycles. The number of fused-ring (bicyclic) bond motifs is 1. The van der Waals surface area contributed by atoms with Gasteiger partial charge in [-0.25, -0.2) is 4.79 Å². The number of nitrogens with one attached hydrogen (secondary N) is 2. The fraction of sp³-hybridized carbons (Fsp3) is 0. The summed E-state index contributed by atoms with van der Waals surface area (Å²) in [6, 6.07) is 4.89. The van der Waals surface area contributed by atoms with Gasteiger partial charge < -0.3 is 16.0 Å². The van der Waals surface area contributed by atoms with Gasteiger partial charge in [0.25, 0.3) is 0 Å². The molecule has 0 spiro atoms. The maximum atomic E-state index is 10.6. The number of carbonyl (C=O) groups excluding carboxylic acids is 1. The van der Waals surface area contributed by atoms with Gasteiger partial charge in [0.1, 0.15) is 0 Å². The highest BCUT2D eigenvalue weighted by atomic mass is 32.1. The Morgan fingerprint density at radius 3 is 3.07 bits per heavy atom. The lowest BCUT2D eigenvalue weighted by molar-refractivity contribution is 0.259. The molecular weight excluding hydrogens is 218 g/mol. The first-order valence-corrected chi connectivity index (χ1v) is 5.07. The number of hydrogen-bond acceptors (Lipinski definition) is 3. The zero-order valence-electron chi connectivity index (χ0n) is 7.03. The molecule has 0 atom stereocenters. The second kappa shape index (κ2) is 3.39. The van der Waals surface area contributed by atoms with E-state index in [9.17, 15) is 4.79 Å². The Labute approximate surface area is 88.7 Å². The number of urea groups is 1. The van der Waals surface area contributed by atoms with Crippen LogP contribution in [0.3, 0.4) is 0 Å². The number of thiazole rings is 1. The molecule has 1 aromatic heterocycles. The van der Waals surface area contributed by atoms with Gasteiger partial charge in [-0.3, -0.25) is 0 Å². The van der Waals surface area contributed by atoms with E-state index in [2.05, 4.69) is 10.3 Å². The molecule has 2 aromatic rings. The van der Waals surface area contributed by atoms with E-state index in [1.807, 2.05) is 12.1 Å². The van der Waals surface area contributed by atoms with Crippen LogP contribution in [-0.2, 0) is 0 Å². The van der Waals surface area contributed by atoms with Crippen molar-refractivity contribution >= 4 is 45.5 Å². The van der Waals surface area contributed by atoms with Gasteiger partial charge in [-0.2, -0.15) is 0 Å². The summed E-state index contributed by atoms with van der Waals surface area (Å²) in [5, 5.41) is 2.50.